The van der Waals surface area contributed by atoms with Crippen LogP contribution >= 0.6 is 11.6 Å². The zero-order valence-corrected chi connectivity index (χ0v) is 15.2. The predicted octanol–water partition coefficient (Wildman–Crippen LogP) is 4.74. The highest BCUT2D eigenvalue weighted by molar-refractivity contribution is 6.33. The van der Waals surface area contributed by atoms with E-state index in [1.165, 1.54) is 6.07 Å². The summed E-state index contributed by atoms with van der Waals surface area (Å²) in [6, 6.07) is 19.3. The molecular formula is C20H15ClN2O5-2. The fourth-order valence-corrected chi connectivity index (χ4v) is 3.24. The van der Waals surface area contributed by atoms with Crippen molar-refractivity contribution < 1.29 is 15.2 Å². The minimum absolute atomic E-state index is 0.126. The number of nitrogens with zero attached hydrogens (tertiary/aromatic N) is 2. The highest BCUT2D eigenvalue weighted by Crippen LogP contribution is 2.40. The zero-order valence-electron chi connectivity index (χ0n) is 14.4. The summed E-state index contributed by atoms with van der Waals surface area (Å²) in [6.45, 7) is 0. The first kappa shape index (κ1) is 19.8. The minimum Gasteiger partial charge on any atom is -0.769 e. The number of ketones is 1. The van der Waals surface area contributed by atoms with E-state index in [1.54, 1.807) is 60.7 Å². The summed E-state index contributed by atoms with van der Waals surface area (Å²) in [7, 11) is 0. The van der Waals surface area contributed by atoms with Gasteiger partial charge in [-0.05, 0) is 23.3 Å². The number of carbonyl (C=O) groups is 1. The fourth-order valence-electron chi connectivity index (χ4n) is 3.00. The molecule has 8 heteroatoms. The molecule has 0 saturated carbocycles. The van der Waals surface area contributed by atoms with Crippen LogP contribution in [-0.4, -0.2) is 16.2 Å². The first-order valence-corrected chi connectivity index (χ1v) is 8.58. The first-order valence-electron chi connectivity index (χ1n) is 8.20. The Morgan fingerprint density at radius 1 is 0.893 bits per heavy atom. The maximum atomic E-state index is 13.3. The first-order chi connectivity index (χ1) is 13.4. The number of carbonyl (C=O) groups excluding carboxylic acids is 1. The van der Waals surface area contributed by atoms with Gasteiger partial charge in [0, 0.05) is 11.3 Å². The van der Waals surface area contributed by atoms with Crippen LogP contribution in [0.1, 0.15) is 27.4 Å². The van der Waals surface area contributed by atoms with E-state index in [-0.39, 0.29) is 27.3 Å². The van der Waals surface area contributed by atoms with Crippen LogP contribution in [0.25, 0.3) is 0 Å². The van der Waals surface area contributed by atoms with E-state index in [0.29, 0.717) is 11.1 Å². The number of hydrogen-bond acceptors (Lipinski definition) is 7. The van der Waals surface area contributed by atoms with Gasteiger partial charge in [-0.15, -0.1) is 5.23 Å². The minimum atomic E-state index is -0.960. The molecule has 0 aromatic heterocycles. The molecular weight excluding hydrogens is 384 g/mol. The summed E-state index contributed by atoms with van der Waals surface area (Å²) in [6.07, 6.45) is 0. The highest BCUT2D eigenvalue weighted by Gasteiger charge is 2.28. The maximum absolute atomic E-state index is 13.3. The Bertz CT molecular complexity index is 965. The topological polar surface area (TPSA) is 110 Å². The molecule has 0 heterocycles. The van der Waals surface area contributed by atoms with Crippen molar-refractivity contribution in [2.75, 3.05) is 10.5 Å². The Kier molecular flexibility index (Phi) is 5.93. The van der Waals surface area contributed by atoms with Gasteiger partial charge in [0.1, 0.15) is 5.69 Å². The standard InChI is InChI=1S/C20H15ClN2O5/c21-16-11-15(17(22(25)26)12-18(16)23(27)28)19(13-7-3-1-4-8-13)20(24)14-9-5-2-6-10-14/h1-12,19,25-26H/q-2. The van der Waals surface area contributed by atoms with E-state index in [4.69, 9.17) is 11.6 Å². The highest BCUT2D eigenvalue weighted by atomic mass is 35.5. The van der Waals surface area contributed by atoms with E-state index in [2.05, 4.69) is 0 Å². The normalized spacial score (nSPS) is 11.8. The van der Waals surface area contributed by atoms with Gasteiger partial charge in [0.15, 0.2) is 5.78 Å². The lowest BCUT2D eigenvalue weighted by atomic mass is 9.84. The van der Waals surface area contributed by atoms with Crippen LogP contribution in [0.5, 0.6) is 0 Å². The van der Waals surface area contributed by atoms with Crippen molar-refractivity contribution in [1.29, 1.82) is 0 Å². The number of rotatable bonds is 6. The van der Waals surface area contributed by atoms with E-state index in [0.717, 1.165) is 6.07 Å². The molecule has 3 aromatic carbocycles. The van der Waals surface area contributed by atoms with E-state index < -0.39 is 16.8 Å². The van der Waals surface area contributed by atoms with Gasteiger partial charge in [0.05, 0.1) is 10.9 Å². The second-order valence-corrected chi connectivity index (χ2v) is 6.39. The Labute approximate surface area is 165 Å². The Morgan fingerprint density at radius 2 is 1.46 bits per heavy atom. The van der Waals surface area contributed by atoms with Crippen LogP contribution < -0.4 is 10.5 Å². The van der Waals surface area contributed by atoms with E-state index in [9.17, 15) is 25.6 Å². The summed E-state index contributed by atoms with van der Waals surface area (Å²) < 4.78 is 0. The summed E-state index contributed by atoms with van der Waals surface area (Å²) in [4.78, 5) is 13.3. The molecule has 0 radical (unpaired) electrons. The number of Topliss-reactive ketones (excluding diaryl/α,β-unsaturated/α-hetero) is 1. The van der Waals surface area contributed by atoms with Gasteiger partial charge >= 0.3 is 0 Å². The zero-order chi connectivity index (χ0) is 20.3. The quantitative estimate of drug-likeness (QED) is 0.455. The van der Waals surface area contributed by atoms with Crippen molar-refractivity contribution in [2.24, 2.45) is 0 Å². The van der Waals surface area contributed by atoms with E-state index >= 15 is 0 Å². The molecule has 1 unspecified atom stereocenters. The van der Waals surface area contributed by atoms with Crippen LogP contribution in [0.15, 0.2) is 72.8 Å². The molecule has 3 aromatic rings. The molecule has 7 nitrogen and oxygen atoms in total. The lowest BCUT2D eigenvalue weighted by molar-refractivity contribution is 0.0286. The van der Waals surface area contributed by atoms with Crippen LogP contribution in [0.3, 0.4) is 0 Å². The second kappa shape index (κ2) is 8.39. The van der Waals surface area contributed by atoms with Gasteiger partial charge in [0.2, 0.25) is 0 Å². The molecule has 0 aliphatic heterocycles. The summed E-state index contributed by atoms with van der Waals surface area (Å²) >= 11 is 6.05. The second-order valence-electron chi connectivity index (χ2n) is 5.98. The Morgan fingerprint density at radius 3 is 2.00 bits per heavy atom. The van der Waals surface area contributed by atoms with Gasteiger partial charge in [-0.1, -0.05) is 72.3 Å². The number of anilines is 2. The third kappa shape index (κ3) is 3.99. The molecule has 0 fully saturated rings. The van der Waals surface area contributed by atoms with Gasteiger partial charge in [0.25, 0.3) is 0 Å². The molecule has 0 aliphatic carbocycles. The molecule has 0 amide bonds. The Hall–Kier alpha value is -2.94. The molecule has 28 heavy (non-hydrogen) atoms. The predicted molar refractivity (Wildman–Crippen MR) is 106 cm³/mol. The SMILES string of the molecule is O=C(c1ccccc1)C(c1ccccc1)c1cc(Cl)c(N([O-])[O-])cc1N(O)O. The van der Waals surface area contributed by atoms with Crippen LogP contribution in [0.2, 0.25) is 5.02 Å². The van der Waals surface area contributed by atoms with Crippen molar-refractivity contribution in [3.63, 3.8) is 0 Å². The van der Waals surface area contributed by atoms with Crippen molar-refractivity contribution in [3.05, 3.63) is 105 Å². The number of benzene rings is 3. The lowest BCUT2D eigenvalue weighted by Crippen LogP contribution is -2.21. The molecule has 144 valence electrons. The summed E-state index contributed by atoms with van der Waals surface area (Å²) in [5.74, 6) is -1.28. The maximum Gasteiger partial charge on any atom is 0.174 e. The Balaban J connectivity index is 2.24. The molecule has 0 bridgehead atoms. The molecule has 1 atom stereocenters. The molecule has 0 saturated heterocycles. The van der Waals surface area contributed by atoms with Gasteiger partial charge in [-0.2, -0.15) is 0 Å². The van der Waals surface area contributed by atoms with Crippen molar-refractivity contribution >= 4 is 28.8 Å². The van der Waals surface area contributed by atoms with E-state index in [1.807, 2.05) is 0 Å². The molecule has 3 rings (SSSR count). The van der Waals surface area contributed by atoms with Gasteiger partial charge in [-0.3, -0.25) is 15.2 Å². The molecule has 0 aliphatic rings. The average molecular weight is 399 g/mol. The summed E-state index contributed by atoms with van der Waals surface area (Å²) in [5.41, 5.74) is 0.283. The molecule has 2 N–H and O–H groups in total. The number of hydrogen-bond donors (Lipinski definition) is 2. The number of halogens is 1. The molecule has 0 spiro atoms. The smallest absolute Gasteiger partial charge is 0.174 e. The largest absolute Gasteiger partial charge is 0.769 e. The fraction of sp³-hybridized carbons (Fsp3) is 0.0500. The van der Waals surface area contributed by atoms with Gasteiger partial charge in [-0.25, -0.2) is 0 Å². The summed E-state index contributed by atoms with van der Waals surface area (Å²) in [5, 5.41) is 40.5. The van der Waals surface area contributed by atoms with Crippen molar-refractivity contribution in [2.45, 2.75) is 5.92 Å². The van der Waals surface area contributed by atoms with Crippen LogP contribution in [0.4, 0.5) is 11.4 Å². The van der Waals surface area contributed by atoms with Crippen LogP contribution in [0, 0.1) is 10.4 Å². The van der Waals surface area contributed by atoms with Crippen molar-refractivity contribution in [3.8, 4) is 0 Å². The average Bonchev–Trinajstić information content (AvgIpc) is 2.69. The third-order valence-corrected chi connectivity index (χ3v) is 4.58. The third-order valence-electron chi connectivity index (χ3n) is 4.27. The van der Waals surface area contributed by atoms with Crippen molar-refractivity contribution in [1.82, 2.24) is 0 Å². The monoisotopic (exact) mass is 398 g/mol. The van der Waals surface area contributed by atoms with Crippen LogP contribution in [-0.2, 0) is 0 Å². The van der Waals surface area contributed by atoms with Gasteiger partial charge < -0.3 is 15.6 Å². The lowest BCUT2D eigenvalue weighted by Gasteiger charge is -2.39.